The van der Waals surface area contributed by atoms with E-state index in [1.165, 1.54) is 24.3 Å². The first-order valence-electron chi connectivity index (χ1n) is 10.5. The number of carbonyl (C=O) groups is 2. The van der Waals surface area contributed by atoms with E-state index in [1.807, 2.05) is 4.98 Å². The number of nitrogens with zero attached hydrogens (tertiary/aromatic N) is 1. The molecule has 1 aliphatic heterocycles. The summed E-state index contributed by atoms with van der Waals surface area (Å²) < 4.78 is 46.9. The molecule has 4 rings (SSSR count). The van der Waals surface area contributed by atoms with Crippen molar-refractivity contribution in [2.75, 3.05) is 13.3 Å². The second-order valence-electron chi connectivity index (χ2n) is 7.76. The molecule has 2 aromatic carbocycles. The van der Waals surface area contributed by atoms with E-state index in [1.54, 1.807) is 36.4 Å². The lowest BCUT2D eigenvalue weighted by Gasteiger charge is -2.26. The summed E-state index contributed by atoms with van der Waals surface area (Å²) in [6, 6.07) is 16.3. The van der Waals surface area contributed by atoms with Crippen LogP contribution in [0.4, 0.5) is 8.78 Å². The molecule has 2 heterocycles. The van der Waals surface area contributed by atoms with E-state index >= 15 is 4.39 Å². The first kappa shape index (κ1) is 24.0. The minimum absolute atomic E-state index is 0.0680. The van der Waals surface area contributed by atoms with Crippen LogP contribution < -0.4 is 11.2 Å². The Kier molecular flexibility index (Phi) is 6.87. The molecule has 4 atom stereocenters. The predicted octanol–water partition coefficient (Wildman–Crippen LogP) is 2.40. The molecule has 0 saturated carbocycles. The van der Waals surface area contributed by atoms with Crippen LogP contribution in [0.5, 0.6) is 0 Å². The number of aromatic amines is 1. The van der Waals surface area contributed by atoms with Gasteiger partial charge in [-0.1, -0.05) is 36.4 Å². The Morgan fingerprint density at radius 1 is 0.971 bits per heavy atom. The fraction of sp³-hybridized carbons (Fsp3) is 0.250. The number of esters is 2. The van der Waals surface area contributed by atoms with Crippen molar-refractivity contribution in [3.63, 3.8) is 0 Å². The van der Waals surface area contributed by atoms with Crippen LogP contribution in [-0.2, 0) is 14.2 Å². The van der Waals surface area contributed by atoms with E-state index in [2.05, 4.69) is 0 Å². The Balaban J connectivity index is 1.66. The van der Waals surface area contributed by atoms with Gasteiger partial charge in [-0.25, -0.2) is 18.8 Å². The van der Waals surface area contributed by atoms with Gasteiger partial charge in [0.1, 0.15) is 6.67 Å². The van der Waals surface area contributed by atoms with Gasteiger partial charge < -0.3 is 14.2 Å². The lowest BCUT2D eigenvalue weighted by molar-refractivity contribution is -0.208. The number of carbonyl (C=O) groups excluding carboxylic acids is 2. The number of hydrogen-bond acceptors (Lipinski definition) is 7. The van der Waals surface area contributed by atoms with E-state index in [0.29, 0.717) is 0 Å². The van der Waals surface area contributed by atoms with Crippen molar-refractivity contribution in [1.29, 1.82) is 0 Å². The standard InChI is InChI=1S/C24H20F2N2O7/c25-13-17-19(34-22(31)16-9-5-2-6-10-16)24(26,14-33-21(30)15-7-3-1-4-8-15)35-20(17)28-12-11-18(29)27-23(28)32/h1-12,17,19-20H,13-14H2,(H,27,29,32). The van der Waals surface area contributed by atoms with E-state index in [-0.39, 0.29) is 11.1 Å². The minimum Gasteiger partial charge on any atom is -0.456 e. The number of ether oxygens (including phenoxy) is 3. The average molecular weight is 486 g/mol. The third-order valence-electron chi connectivity index (χ3n) is 5.45. The number of nitrogens with one attached hydrogen (secondary N) is 1. The minimum atomic E-state index is -3.01. The maximum Gasteiger partial charge on any atom is 0.338 e. The maximum atomic E-state index is 16.2. The summed E-state index contributed by atoms with van der Waals surface area (Å²) in [6.45, 7) is -2.32. The number of H-pyrrole nitrogens is 1. The third kappa shape index (κ3) is 5.04. The molecule has 1 N–H and O–H groups in total. The summed E-state index contributed by atoms with van der Waals surface area (Å²) in [5.74, 6) is -6.37. The molecule has 0 amide bonds. The molecule has 11 heteroatoms. The smallest absolute Gasteiger partial charge is 0.338 e. The molecule has 0 aliphatic carbocycles. The van der Waals surface area contributed by atoms with Crippen LogP contribution in [-0.4, -0.2) is 46.7 Å². The van der Waals surface area contributed by atoms with Crippen LogP contribution in [0.25, 0.3) is 0 Å². The number of alkyl halides is 2. The first-order chi connectivity index (χ1) is 16.8. The normalized spacial score (nSPS) is 23.5. The van der Waals surface area contributed by atoms with Gasteiger partial charge in [-0.3, -0.25) is 18.7 Å². The highest BCUT2D eigenvalue weighted by molar-refractivity contribution is 5.90. The molecule has 3 aromatic rings. The summed E-state index contributed by atoms with van der Waals surface area (Å²) in [6.07, 6.45) is -2.50. The second kappa shape index (κ2) is 10.0. The van der Waals surface area contributed by atoms with Gasteiger partial charge in [0, 0.05) is 12.3 Å². The van der Waals surface area contributed by atoms with Crippen molar-refractivity contribution < 1.29 is 32.6 Å². The lowest BCUT2D eigenvalue weighted by Crippen LogP contribution is -2.45. The van der Waals surface area contributed by atoms with E-state index in [9.17, 15) is 23.6 Å². The van der Waals surface area contributed by atoms with Crippen LogP contribution in [0.3, 0.4) is 0 Å². The molecule has 0 radical (unpaired) electrons. The summed E-state index contributed by atoms with van der Waals surface area (Å²) in [5.41, 5.74) is -1.52. The Morgan fingerprint density at radius 3 is 2.14 bits per heavy atom. The van der Waals surface area contributed by atoms with Gasteiger partial charge >= 0.3 is 17.6 Å². The highest BCUT2D eigenvalue weighted by Crippen LogP contribution is 2.44. The molecule has 1 fully saturated rings. The van der Waals surface area contributed by atoms with Gasteiger partial charge in [0.05, 0.1) is 17.0 Å². The lowest BCUT2D eigenvalue weighted by atomic mass is 9.99. The molecule has 182 valence electrons. The van der Waals surface area contributed by atoms with Crippen molar-refractivity contribution in [3.05, 3.63) is 105 Å². The number of rotatable bonds is 7. The molecule has 0 spiro atoms. The predicted molar refractivity (Wildman–Crippen MR) is 117 cm³/mol. The largest absolute Gasteiger partial charge is 0.456 e. The SMILES string of the molecule is O=C(OCC1(F)OC(n2ccc(=O)[nH]c2=O)C(CF)C1OC(=O)c1ccccc1)c1ccccc1. The van der Waals surface area contributed by atoms with E-state index in [4.69, 9.17) is 14.2 Å². The Morgan fingerprint density at radius 2 is 1.57 bits per heavy atom. The van der Waals surface area contributed by atoms with Crippen LogP contribution in [0.2, 0.25) is 0 Å². The van der Waals surface area contributed by atoms with E-state index in [0.717, 1.165) is 16.8 Å². The first-order valence-corrected chi connectivity index (χ1v) is 10.5. The molecule has 4 unspecified atom stereocenters. The zero-order chi connectivity index (χ0) is 25.0. The molecule has 1 aromatic heterocycles. The second-order valence-corrected chi connectivity index (χ2v) is 7.76. The highest BCUT2D eigenvalue weighted by atomic mass is 19.2. The van der Waals surface area contributed by atoms with Crippen molar-refractivity contribution in [1.82, 2.24) is 9.55 Å². The number of aromatic nitrogens is 2. The van der Waals surface area contributed by atoms with Gasteiger partial charge in [0.2, 0.25) is 0 Å². The van der Waals surface area contributed by atoms with Gasteiger partial charge in [0.25, 0.3) is 11.4 Å². The molecular formula is C24H20F2N2O7. The van der Waals surface area contributed by atoms with Crippen LogP contribution in [0.1, 0.15) is 26.9 Å². The van der Waals surface area contributed by atoms with Gasteiger partial charge in [-0.15, -0.1) is 0 Å². The number of benzene rings is 2. The monoisotopic (exact) mass is 486 g/mol. The summed E-state index contributed by atoms with van der Waals surface area (Å²) in [4.78, 5) is 50.7. The Hall–Kier alpha value is -4.12. The van der Waals surface area contributed by atoms with Crippen LogP contribution >= 0.6 is 0 Å². The quantitative estimate of drug-likeness (QED) is 0.510. The molecule has 0 bridgehead atoms. The average Bonchev–Trinajstić information content (AvgIpc) is 3.14. The van der Waals surface area contributed by atoms with Crippen LogP contribution in [0, 0.1) is 5.92 Å². The Labute approximate surface area is 196 Å². The van der Waals surface area contributed by atoms with Crippen molar-refractivity contribution in [2.24, 2.45) is 5.92 Å². The molecular weight excluding hydrogens is 466 g/mol. The van der Waals surface area contributed by atoms with Crippen LogP contribution in [0.15, 0.2) is 82.5 Å². The number of hydrogen-bond donors (Lipinski definition) is 1. The van der Waals surface area contributed by atoms with Crippen molar-refractivity contribution >= 4 is 11.9 Å². The van der Waals surface area contributed by atoms with Gasteiger partial charge in [-0.05, 0) is 24.3 Å². The molecule has 9 nitrogen and oxygen atoms in total. The summed E-state index contributed by atoms with van der Waals surface area (Å²) in [7, 11) is 0. The maximum absolute atomic E-state index is 16.2. The van der Waals surface area contributed by atoms with E-state index < -0.39 is 60.6 Å². The molecule has 1 aliphatic rings. The van der Waals surface area contributed by atoms with Gasteiger partial charge in [0.15, 0.2) is 18.9 Å². The highest BCUT2D eigenvalue weighted by Gasteiger charge is 2.60. The molecule has 1 saturated heterocycles. The molecule has 35 heavy (non-hydrogen) atoms. The Bertz CT molecular complexity index is 1310. The topological polar surface area (TPSA) is 117 Å². The third-order valence-corrected chi connectivity index (χ3v) is 5.45. The summed E-state index contributed by atoms with van der Waals surface area (Å²) >= 11 is 0. The zero-order valence-corrected chi connectivity index (χ0v) is 18.1. The number of halogens is 2. The summed E-state index contributed by atoms with van der Waals surface area (Å²) in [5, 5.41) is 0. The fourth-order valence-corrected chi connectivity index (χ4v) is 3.74. The fourth-order valence-electron chi connectivity index (χ4n) is 3.74. The van der Waals surface area contributed by atoms with Crippen molar-refractivity contribution in [3.8, 4) is 0 Å². The van der Waals surface area contributed by atoms with Crippen molar-refractivity contribution in [2.45, 2.75) is 18.2 Å². The van der Waals surface area contributed by atoms with Gasteiger partial charge in [-0.2, -0.15) is 0 Å². The zero-order valence-electron chi connectivity index (χ0n) is 18.1.